The summed E-state index contributed by atoms with van der Waals surface area (Å²) in [5, 5.41) is 38.7. The Hall–Kier alpha value is -2.47. The Morgan fingerprint density at radius 2 is 2.00 bits per heavy atom. The molecule has 2 heterocycles. The van der Waals surface area contributed by atoms with Crippen LogP contribution in [0.2, 0.25) is 0 Å². The molecular formula is C18H24O11. The van der Waals surface area contributed by atoms with Gasteiger partial charge in [0.2, 0.25) is 6.29 Å². The Morgan fingerprint density at radius 3 is 2.66 bits per heavy atom. The van der Waals surface area contributed by atoms with E-state index in [0.717, 1.165) is 6.26 Å². The van der Waals surface area contributed by atoms with Crippen molar-refractivity contribution in [3.8, 4) is 5.95 Å². The van der Waals surface area contributed by atoms with Crippen molar-refractivity contribution in [2.24, 2.45) is 0 Å². The van der Waals surface area contributed by atoms with Gasteiger partial charge in [-0.25, -0.2) is 0 Å². The highest BCUT2D eigenvalue weighted by molar-refractivity contribution is 5.73. The molecule has 0 radical (unpaired) electrons. The Kier molecular flexibility index (Phi) is 7.36. The van der Waals surface area contributed by atoms with Gasteiger partial charge in [0.25, 0.3) is 5.95 Å². The first-order valence-corrected chi connectivity index (χ1v) is 8.85. The van der Waals surface area contributed by atoms with Gasteiger partial charge in [0, 0.05) is 12.5 Å². The van der Waals surface area contributed by atoms with Crippen molar-refractivity contribution in [1.82, 2.24) is 0 Å². The van der Waals surface area contributed by atoms with E-state index in [9.17, 15) is 29.7 Å². The van der Waals surface area contributed by atoms with Crippen molar-refractivity contribution in [3.63, 3.8) is 0 Å². The van der Waals surface area contributed by atoms with Gasteiger partial charge in [0.1, 0.15) is 12.7 Å². The summed E-state index contributed by atoms with van der Waals surface area (Å²) in [6, 6.07) is 1.19. The molecule has 162 valence electrons. The van der Waals surface area contributed by atoms with Crippen molar-refractivity contribution in [2.45, 2.75) is 63.3 Å². The molecule has 0 aliphatic carbocycles. The average molecular weight is 416 g/mol. The molecule has 5 unspecified atom stereocenters. The van der Waals surface area contributed by atoms with Crippen molar-refractivity contribution in [2.75, 3.05) is 6.61 Å². The number of carbonyl (C=O) groups excluding carboxylic acids is 1. The van der Waals surface area contributed by atoms with E-state index in [1.54, 1.807) is 0 Å². The molecule has 0 amide bonds. The summed E-state index contributed by atoms with van der Waals surface area (Å²) in [7, 11) is 0. The van der Waals surface area contributed by atoms with Gasteiger partial charge in [-0.05, 0) is 13.8 Å². The zero-order valence-electron chi connectivity index (χ0n) is 15.9. The standard InChI is InChI=1S/C18H24O11/c1-9-11(19)3-4-26-16(9)29-17-15(24)12(20)5-10(28-17)8-27-14(23)7-18(2,25)6-13(21)22/h3-4,10,12,15,17,20,24-25H,5-8H2,1-2H3,(H,21,22). The lowest BCUT2D eigenvalue weighted by Crippen LogP contribution is -2.52. The molecule has 1 aromatic heterocycles. The van der Waals surface area contributed by atoms with Gasteiger partial charge < -0.3 is 39.1 Å². The second-order valence-electron chi connectivity index (χ2n) is 7.16. The molecule has 11 nitrogen and oxygen atoms in total. The van der Waals surface area contributed by atoms with Gasteiger partial charge >= 0.3 is 11.9 Å². The molecule has 1 aliphatic heterocycles. The van der Waals surface area contributed by atoms with E-state index >= 15 is 0 Å². The number of hydrogen-bond donors (Lipinski definition) is 4. The Morgan fingerprint density at radius 1 is 1.31 bits per heavy atom. The zero-order chi connectivity index (χ0) is 21.8. The second-order valence-corrected chi connectivity index (χ2v) is 7.16. The first-order chi connectivity index (χ1) is 13.5. The fourth-order valence-corrected chi connectivity index (χ4v) is 2.75. The van der Waals surface area contributed by atoms with Crippen LogP contribution in [0, 0.1) is 6.92 Å². The Bertz CT molecular complexity index is 784. The molecule has 0 saturated carbocycles. The molecule has 1 aromatic rings. The highest BCUT2D eigenvalue weighted by Crippen LogP contribution is 2.25. The monoisotopic (exact) mass is 416 g/mol. The molecule has 11 heteroatoms. The molecular weight excluding hydrogens is 392 g/mol. The van der Waals surface area contributed by atoms with Crippen molar-refractivity contribution >= 4 is 11.9 Å². The van der Waals surface area contributed by atoms with E-state index in [1.165, 1.54) is 19.9 Å². The number of carboxylic acids is 1. The predicted molar refractivity (Wildman–Crippen MR) is 94.1 cm³/mol. The van der Waals surface area contributed by atoms with E-state index in [1.807, 2.05) is 0 Å². The van der Waals surface area contributed by atoms with E-state index in [-0.39, 0.29) is 30.0 Å². The minimum atomic E-state index is -1.78. The first-order valence-electron chi connectivity index (χ1n) is 8.85. The molecule has 1 aliphatic rings. The molecule has 0 spiro atoms. The minimum absolute atomic E-state index is 0.0719. The van der Waals surface area contributed by atoms with Crippen LogP contribution < -0.4 is 10.2 Å². The summed E-state index contributed by atoms with van der Waals surface area (Å²) in [5.74, 6) is -2.31. The molecule has 0 bridgehead atoms. The van der Waals surface area contributed by atoms with Gasteiger partial charge in [0.15, 0.2) is 5.43 Å². The maximum absolute atomic E-state index is 11.9. The molecule has 29 heavy (non-hydrogen) atoms. The smallest absolute Gasteiger partial charge is 0.308 e. The quantitative estimate of drug-likeness (QED) is 0.396. The number of rotatable bonds is 8. The molecule has 2 rings (SSSR count). The molecule has 1 fully saturated rings. The first kappa shape index (κ1) is 22.8. The van der Waals surface area contributed by atoms with Gasteiger partial charge in [-0.1, -0.05) is 0 Å². The van der Waals surface area contributed by atoms with Crippen LogP contribution >= 0.6 is 0 Å². The summed E-state index contributed by atoms with van der Waals surface area (Å²) >= 11 is 0. The summed E-state index contributed by atoms with van der Waals surface area (Å²) in [5.41, 5.74) is -1.98. The van der Waals surface area contributed by atoms with E-state index in [4.69, 9.17) is 23.7 Å². The SMILES string of the molecule is Cc1c(OC2OC(COC(=O)CC(C)(O)CC(=O)O)CC(O)C2O)occc1=O. The van der Waals surface area contributed by atoms with Crippen molar-refractivity contribution in [3.05, 3.63) is 28.1 Å². The number of carbonyl (C=O) groups is 2. The lowest BCUT2D eigenvalue weighted by molar-refractivity contribution is -0.246. The number of aliphatic hydroxyl groups is 3. The van der Waals surface area contributed by atoms with E-state index in [2.05, 4.69) is 0 Å². The van der Waals surface area contributed by atoms with Gasteiger partial charge in [-0.15, -0.1) is 0 Å². The lowest BCUT2D eigenvalue weighted by Gasteiger charge is -2.36. The molecule has 1 saturated heterocycles. The summed E-state index contributed by atoms with van der Waals surface area (Å²) < 4.78 is 20.9. The molecule has 4 N–H and O–H groups in total. The van der Waals surface area contributed by atoms with E-state index < -0.39 is 55.0 Å². The number of hydrogen-bond acceptors (Lipinski definition) is 10. The lowest BCUT2D eigenvalue weighted by atomic mass is 9.98. The Balaban J connectivity index is 1.95. The zero-order valence-corrected chi connectivity index (χ0v) is 15.9. The van der Waals surface area contributed by atoms with Crippen LogP contribution in [0.1, 0.15) is 31.7 Å². The summed E-state index contributed by atoms with van der Waals surface area (Å²) in [6.07, 6.45) is -5.10. The summed E-state index contributed by atoms with van der Waals surface area (Å²) in [4.78, 5) is 34.2. The van der Waals surface area contributed by atoms with Crippen LogP contribution in [0.4, 0.5) is 0 Å². The third kappa shape index (κ3) is 6.53. The van der Waals surface area contributed by atoms with Crippen LogP contribution in [0.15, 0.2) is 21.5 Å². The van der Waals surface area contributed by atoms with Crippen LogP contribution in [0.3, 0.4) is 0 Å². The number of ether oxygens (including phenoxy) is 3. The highest BCUT2D eigenvalue weighted by Gasteiger charge is 2.40. The van der Waals surface area contributed by atoms with Crippen LogP contribution in [-0.2, 0) is 19.1 Å². The molecule has 5 atom stereocenters. The van der Waals surface area contributed by atoms with Crippen molar-refractivity contribution in [1.29, 1.82) is 0 Å². The van der Waals surface area contributed by atoms with Gasteiger partial charge in [-0.3, -0.25) is 14.4 Å². The maximum atomic E-state index is 11.9. The highest BCUT2D eigenvalue weighted by atomic mass is 16.7. The number of esters is 1. The van der Waals surface area contributed by atoms with E-state index in [0.29, 0.717) is 0 Å². The fourth-order valence-electron chi connectivity index (χ4n) is 2.75. The number of carboxylic acid groups (broad SMARTS) is 1. The normalized spacial score (nSPS) is 26.4. The van der Waals surface area contributed by atoms with Gasteiger partial charge in [-0.2, -0.15) is 0 Å². The predicted octanol–water partition coefficient (Wildman–Crippen LogP) is -0.677. The van der Waals surface area contributed by atoms with Crippen molar-refractivity contribution < 1.29 is 48.6 Å². The number of aliphatic hydroxyl groups excluding tert-OH is 2. The largest absolute Gasteiger partial charge is 0.481 e. The number of aliphatic carboxylic acids is 1. The maximum Gasteiger partial charge on any atom is 0.308 e. The third-order valence-electron chi connectivity index (χ3n) is 4.28. The molecule has 0 aromatic carbocycles. The second kappa shape index (κ2) is 9.35. The van der Waals surface area contributed by atoms with Crippen LogP contribution in [0.5, 0.6) is 5.95 Å². The summed E-state index contributed by atoms with van der Waals surface area (Å²) in [6.45, 7) is 2.32. The van der Waals surface area contributed by atoms with Crippen LogP contribution in [0.25, 0.3) is 0 Å². The average Bonchev–Trinajstić information content (AvgIpc) is 2.59. The topological polar surface area (TPSA) is 173 Å². The third-order valence-corrected chi connectivity index (χ3v) is 4.28. The minimum Gasteiger partial charge on any atom is -0.481 e. The van der Waals surface area contributed by atoms with Crippen LogP contribution in [-0.4, -0.2) is 69.2 Å². The van der Waals surface area contributed by atoms with Gasteiger partial charge in [0.05, 0.1) is 42.5 Å². The fraction of sp³-hybridized carbons (Fsp3) is 0.611. The Labute approximate surface area is 165 Å².